The highest BCUT2D eigenvalue weighted by molar-refractivity contribution is 5.73. The van der Waals surface area contributed by atoms with E-state index in [0.29, 0.717) is 45.8 Å². The van der Waals surface area contributed by atoms with Gasteiger partial charge in [0, 0.05) is 32.5 Å². The third-order valence-corrected chi connectivity index (χ3v) is 12.1. The Labute approximate surface area is 374 Å². The van der Waals surface area contributed by atoms with Crippen molar-refractivity contribution >= 4 is 23.9 Å². The van der Waals surface area contributed by atoms with E-state index in [1.165, 1.54) is 103 Å². The number of carbonyl (C=O) groups is 4. The number of carbonyl (C=O) groups excluding carboxylic acids is 4. The average molecular weight is 866 g/mol. The molecular formula is C51H95NO9. The van der Waals surface area contributed by atoms with Crippen LogP contribution in [-0.2, 0) is 42.9 Å². The fourth-order valence-corrected chi connectivity index (χ4v) is 8.11. The zero-order valence-corrected chi connectivity index (χ0v) is 40.1. The molecule has 10 heteroatoms. The molecule has 0 spiro atoms. The van der Waals surface area contributed by atoms with Crippen molar-refractivity contribution in [3.8, 4) is 0 Å². The van der Waals surface area contributed by atoms with Gasteiger partial charge in [-0.1, -0.05) is 156 Å². The van der Waals surface area contributed by atoms with Crippen molar-refractivity contribution in [2.24, 2.45) is 11.8 Å². The van der Waals surface area contributed by atoms with E-state index in [2.05, 4.69) is 32.6 Å². The first kappa shape index (κ1) is 56.8. The van der Waals surface area contributed by atoms with Gasteiger partial charge in [0.15, 0.2) is 0 Å². The standard InChI is InChI=1S/C51H95NO9/c1-5-9-13-17-19-25-33-45(31-23-15-11-7-3)50(55)58-39-29-21-27-35-48(53)60-44-47(43-52-37-41-57-42-38-52)61-49(54)36-28-22-30-40-59-51(56)46(32-24-16-12-8-4)34-26-20-18-14-10-6-2/h45-47H,5-44H2,1-4H3. The van der Waals surface area contributed by atoms with Gasteiger partial charge in [-0.05, 0) is 64.2 Å². The van der Waals surface area contributed by atoms with Crippen LogP contribution in [0.15, 0.2) is 0 Å². The molecule has 61 heavy (non-hydrogen) atoms. The van der Waals surface area contributed by atoms with E-state index in [1.54, 1.807) is 0 Å². The molecule has 1 heterocycles. The van der Waals surface area contributed by atoms with Gasteiger partial charge in [0.1, 0.15) is 12.7 Å². The summed E-state index contributed by atoms with van der Waals surface area (Å²) in [7, 11) is 0. The molecular weight excluding hydrogens is 771 g/mol. The first-order valence-corrected chi connectivity index (χ1v) is 25.8. The van der Waals surface area contributed by atoms with Gasteiger partial charge in [-0.25, -0.2) is 0 Å². The Hall–Kier alpha value is -2.20. The lowest BCUT2D eigenvalue weighted by Gasteiger charge is -2.30. The second-order valence-corrected chi connectivity index (χ2v) is 17.9. The summed E-state index contributed by atoms with van der Waals surface area (Å²) < 4.78 is 28.4. The average Bonchev–Trinajstić information content (AvgIpc) is 3.26. The molecule has 0 bridgehead atoms. The molecule has 1 rings (SSSR count). The second-order valence-electron chi connectivity index (χ2n) is 17.9. The predicted octanol–water partition coefficient (Wildman–Crippen LogP) is 12.7. The Kier molecular flexibility index (Phi) is 38.9. The van der Waals surface area contributed by atoms with Gasteiger partial charge in [0.25, 0.3) is 0 Å². The Morgan fingerprint density at radius 3 is 1.28 bits per heavy atom. The van der Waals surface area contributed by atoms with Gasteiger partial charge in [0.05, 0.1) is 38.3 Å². The van der Waals surface area contributed by atoms with Gasteiger partial charge >= 0.3 is 23.9 Å². The fraction of sp³-hybridized carbons (Fsp3) is 0.922. The zero-order valence-electron chi connectivity index (χ0n) is 40.1. The van der Waals surface area contributed by atoms with Crippen LogP contribution in [0.25, 0.3) is 0 Å². The van der Waals surface area contributed by atoms with Crippen molar-refractivity contribution in [2.75, 3.05) is 52.7 Å². The summed E-state index contributed by atoms with van der Waals surface area (Å²) in [6.07, 6.45) is 31.9. The predicted molar refractivity (Wildman–Crippen MR) is 247 cm³/mol. The van der Waals surface area contributed by atoms with Gasteiger partial charge in [-0.3, -0.25) is 24.1 Å². The van der Waals surface area contributed by atoms with Crippen LogP contribution in [0, 0.1) is 11.8 Å². The smallest absolute Gasteiger partial charge is 0.308 e. The summed E-state index contributed by atoms with van der Waals surface area (Å²) in [6, 6.07) is 0. The third-order valence-electron chi connectivity index (χ3n) is 12.1. The normalized spacial score (nSPS) is 14.6. The summed E-state index contributed by atoms with van der Waals surface area (Å²) in [5.41, 5.74) is 0. The van der Waals surface area contributed by atoms with Crippen LogP contribution in [0.3, 0.4) is 0 Å². The van der Waals surface area contributed by atoms with Crippen LogP contribution < -0.4 is 0 Å². The SMILES string of the molecule is CCCCCCCCC(CCCCCC)C(=O)OCCCCCC(=O)OCC(CN1CCOCC1)OC(=O)CCCCCOC(=O)C(CCCCCC)CCCCCCCC. The monoisotopic (exact) mass is 866 g/mol. The minimum absolute atomic E-state index is 0.00345. The van der Waals surface area contributed by atoms with E-state index in [-0.39, 0.29) is 55.2 Å². The highest BCUT2D eigenvalue weighted by Crippen LogP contribution is 2.22. The largest absolute Gasteiger partial charge is 0.465 e. The van der Waals surface area contributed by atoms with Crippen molar-refractivity contribution in [1.82, 2.24) is 4.90 Å². The summed E-state index contributed by atoms with van der Waals surface area (Å²) in [6.45, 7) is 12.9. The molecule has 3 atom stereocenters. The Morgan fingerprint density at radius 1 is 0.459 bits per heavy atom. The molecule has 3 unspecified atom stereocenters. The van der Waals surface area contributed by atoms with Crippen molar-refractivity contribution in [3.63, 3.8) is 0 Å². The second kappa shape index (κ2) is 41.8. The summed E-state index contributed by atoms with van der Waals surface area (Å²) in [4.78, 5) is 53.7. The molecule has 1 aliphatic heterocycles. The maximum Gasteiger partial charge on any atom is 0.308 e. The third kappa shape index (κ3) is 34.0. The van der Waals surface area contributed by atoms with Crippen LogP contribution in [-0.4, -0.2) is 87.5 Å². The summed E-state index contributed by atoms with van der Waals surface area (Å²) >= 11 is 0. The molecule has 0 aromatic rings. The first-order valence-electron chi connectivity index (χ1n) is 25.8. The Bertz CT molecular complexity index is 1050. The van der Waals surface area contributed by atoms with E-state index in [4.69, 9.17) is 23.7 Å². The van der Waals surface area contributed by atoms with Crippen molar-refractivity contribution < 1.29 is 42.9 Å². The van der Waals surface area contributed by atoms with Crippen molar-refractivity contribution in [2.45, 2.75) is 239 Å². The van der Waals surface area contributed by atoms with Gasteiger partial charge < -0.3 is 23.7 Å². The lowest BCUT2D eigenvalue weighted by molar-refractivity contribution is -0.161. The highest BCUT2D eigenvalue weighted by Gasteiger charge is 2.23. The molecule has 0 saturated carbocycles. The molecule has 10 nitrogen and oxygen atoms in total. The lowest BCUT2D eigenvalue weighted by Crippen LogP contribution is -2.43. The minimum Gasteiger partial charge on any atom is -0.465 e. The highest BCUT2D eigenvalue weighted by atomic mass is 16.6. The van der Waals surface area contributed by atoms with Gasteiger partial charge in [0.2, 0.25) is 0 Å². The van der Waals surface area contributed by atoms with Crippen molar-refractivity contribution in [1.29, 1.82) is 0 Å². The molecule has 0 radical (unpaired) electrons. The van der Waals surface area contributed by atoms with E-state index >= 15 is 0 Å². The summed E-state index contributed by atoms with van der Waals surface area (Å²) in [5, 5.41) is 0. The van der Waals surface area contributed by atoms with Crippen LogP contribution >= 0.6 is 0 Å². The molecule has 1 saturated heterocycles. The molecule has 358 valence electrons. The first-order chi connectivity index (χ1) is 29.8. The maximum atomic E-state index is 13.0. The van der Waals surface area contributed by atoms with Crippen LogP contribution in [0.2, 0.25) is 0 Å². The van der Waals surface area contributed by atoms with Gasteiger partial charge in [-0.2, -0.15) is 0 Å². The molecule has 0 aromatic heterocycles. The number of morpholine rings is 1. The number of hydrogen-bond donors (Lipinski definition) is 0. The minimum atomic E-state index is -0.554. The molecule has 0 amide bonds. The van der Waals surface area contributed by atoms with Crippen LogP contribution in [0.4, 0.5) is 0 Å². The van der Waals surface area contributed by atoms with Crippen LogP contribution in [0.5, 0.6) is 0 Å². The van der Waals surface area contributed by atoms with Gasteiger partial charge in [-0.15, -0.1) is 0 Å². The summed E-state index contributed by atoms with van der Waals surface area (Å²) in [5.74, 6) is -0.730. The Balaban J connectivity index is 2.41. The maximum absolute atomic E-state index is 13.0. The zero-order chi connectivity index (χ0) is 44.4. The molecule has 0 aliphatic carbocycles. The lowest BCUT2D eigenvalue weighted by atomic mass is 9.94. The quantitative estimate of drug-likeness (QED) is 0.0333. The van der Waals surface area contributed by atoms with E-state index < -0.39 is 6.10 Å². The van der Waals surface area contributed by atoms with E-state index in [9.17, 15) is 19.2 Å². The number of rotatable bonds is 43. The fourth-order valence-electron chi connectivity index (χ4n) is 8.11. The van der Waals surface area contributed by atoms with Crippen molar-refractivity contribution in [3.05, 3.63) is 0 Å². The molecule has 0 N–H and O–H groups in total. The van der Waals surface area contributed by atoms with E-state index in [1.807, 2.05) is 0 Å². The Morgan fingerprint density at radius 2 is 0.836 bits per heavy atom. The molecule has 1 aliphatic rings. The van der Waals surface area contributed by atoms with Crippen LogP contribution in [0.1, 0.15) is 233 Å². The topological polar surface area (TPSA) is 118 Å². The van der Waals surface area contributed by atoms with E-state index in [0.717, 1.165) is 90.1 Å². The number of esters is 4. The number of ether oxygens (including phenoxy) is 5. The number of unbranched alkanes of at least 4 members (excludes halogenated alkanes) is 20. The molecule has 0 aromatic carbocycles. The molecule has 1 fully saturated rings. The number of hydrogen-bond acceptors (Lipinski definition) is 10. The number of nitrogens with zero attached hydrogens (tertiary/aromatic N) is 1.